The maximum Gasteiger partial charge on any atom is 0.233 e. The van der Waals surface area contributed by atoms with Crippen LogP contribution in [0.5, 0.6) is 0 Å². The van der Waals surface area contributed by atoms with Crippen LogP contribution in [0, 0.1) is 6.92 Å². The van der Waals surface area contributed by atoms with Crippen LogP contribution in [-0.4, -0.2) is 53.6 Å². The third kappa shape index (κ3) is 4.03. The quantitative estimate of drug-likeness (QED) is 0.801. The standard InChI is InChI=1S/C12H19N7OS/c1-8(2)19-7-13-17-12(19)21-6-11(20)18(4)5-10-14-9(3)15-16-10/h7-8H,5-6H2,1-4H3,(H,14,15,16). The van der Waals surface area contributed by atoms with Crippen LogP contribution in [0.2, 0.25) is 0 Å². The molecule has 2 aromatic rings. The minimum Gasteiger partial charge on any atom is -0.337 e. The van der Waals surface area contributed by atoms with Crippen LogP contribution >= 0.6 is 11.8 Å². The second-order valence-corrected chi connectivity index (χ2v) is 5.93. The first-order chi connectivity index (χ1) is 9.97. The van der Waals surface area contributed by atoms with E-state index in [1.165, 1.54) is 11.8 Å². The van der Waals surface area contributed by atoms with Crippen LogP contribution in [-0.2, 0) is 11.3 Å². The molecule has 114 valence electrons. The normalized spacial score (nSPS) is 11.1. The van der Waals surface area contributed by atoms with E-state index in [2.05, 4.69) is 25.4 Å². The van der Waals surface area contributed by atoms with Crippen molar-refractivity contribution in [2.24, 2.45) is 0 Å². The lowest BCUT2D eigenvalue weighted by Gasteiger charge is -2.15. The fourth-order valence-corrected chi connectivity index (χ4v) is 2.67. The van der Waals surface area contributed by atoms with E-state index in [0.29, 0.717) is 18.1 Å². The Bertz CT molecular complexity index is 606. The van der Waals surface area contributed by atoms with Gasteiger partial charge in [0.05, 0.1) is 12.3 Å². The molecule has 0 fully saturated rings. The van der Waals surface area contributed by atoms with E-state index in [0.717, 1.165) is 11.0 Å². The predicted octanol–water partition coefficient (Wildman–Crippen LogP) is 1.04. The molecule has 0 bridgehead atoms. The second kappa shape index (κ2) is 6.70. The van der Waals surface area contributed by atoms with Gasteiger partial charge in [-0.15, -0.1) is 10.2 Å². The number of thioether (sulfide) groups is 1. The highest BCUT2D eigenvalue weighted by Gasteiger charge is 2.15. The van der Waals surface area contributed by atoms with Gasteiger partial charge < -0.3 is 9.47 Å². The van der Waals surface area contributed by atoms with Crippen molar-refractivity contribution < 1.29 is 4.79 Å². The molecule has 0 aliphatic carbocycles. The minimum absolute atomic E-state index is 0.000703. The summed E-state index contributed by atoms with van der Waals surface area (Å²) in [5.41, 5.74) is 0. The average molecular weight is 309 g/mol. The summed E-state index contributed by atoms with van der Waals surface area (Å²) < 4.78 is 1.94. The maximum absolute atomic E-state index is 12.1. The third-order valence-electron chi connectivity index (χ3n) is 2.87. The van der Waals surface area contributed by atoms with Gasteiger partial charge in [0.2, 0.25) is 5.91 Å². The average Bonchev–Trinajstić information content (AvgIpc) is 3.04. The Kier molecular flexibility index (Phi) is 4.94. The van der Waals surface area contributed by atoms with Crippen molar-refractivity contribution in [2.45, 2.75) is 38.5 Å². The molecule has 0 spiro atoms. The van der Waals surface area contributed by atoms with Crippen LogP contribution in [0.25, 0.3) is 0 Å². The Balaban J connectivity index is 1.87. The van der Waals surface area contributed by atoms with Crippen molar-refractivity contribution >= 4 is 17.7 Å². The lowest BCUT2D eigenvalue weighted by atomic mass is 10.4. The fraction of sp³-hybridized carbons (Fsp3) is 0.583. The Labute approximate surface area is 127 Å². The molecule has 0 atom stereocenters. The number of carbonyl (C=O) groups is 1. The fourth-order valence-electron chi connectivity index (χ4n) is 1.69. The van der Waals surface area contributed by atoms with Crippen molar-refractivity contribution in [1.82, 2.24) is 34.8 Å². The van der Waals surface area contributed by atoms with Crippen molar-refractivity contribution in [3.63, 3.8) is 0 Å². The zero-order chi connectivity index (χ0) is 15.4. The molecular weight excluding hydrogens is 290 g/mol. The molecule has 0 unspecified atom stereocenters. The highest BCUT2D eigenvalue weighted by Crippen LogP contribution is 2.19. The van der Waals surface area contributed by atoms with Crippen LogP contribution < -0.4 is 0 Å². The van der Waals surface area contributed by atoms with Gasteiger partial charge in [-0.1, -0.05) is 11.8 Å². The van der Waals surface area contributed by atoms with Crippen LogP contribution in [0.1, 0.15) is 31.5 Å². The Morgan fingerprint density at radius 1 is 1.52 bits per heavy atom. The number of carbonyl (C=O) groups excluding carboxylic acids is 1. The van der Waals surface area contributed by atoms with E-state index in [9.17, 15) is 4.79 Å². The van der Waals surface area contributed by atoms with Gasteiger partial charge in [-0.2, -0.15) is 5.10 Å². The zero-order valence-corrected chi connectivity index (χ0v) is 13.4. The number of hydrogen-bond donors (Lipinski definition) is 1. The van der Waals surface area contributed by atoms with Crippen LogP contribution in [0.3, 0.4) is 0 Å². The molecule has 0 aliphatic heterocycles. The van der Waals surface area contributed by atoms with Gasteiger partial charge in [0.25, 0.3) is 0 Å². The third-order valence-corrected chi connectivity index (χ3v) is 3.81. The summed E-state index contributed by atoms with van der Waals surface area (Å²) in [6.07, 6.45) is 1.68. The van der Waals surface area contributed by atoms with Gasteiger partial charge in [-0.05, 0) is 20.8 Å². The van der Waals surface area contributed by atoms with Crippen molar-refractivity contribution in [3.8, 4) is 0 Å². The molecule has 1 N–H and O–H groups in total. The van der Waals surface area contributed by atoms with Crippen molar-refractivity contribution in [3.05, 3.63) is 18.0 Å². The van der Waals surface area contributed by atoms with Crippen molar-refractivity contribution in [1.29, 1.82) is 0 Å². The molecule has 0 saturated heterocycles. The molecular formula is C12H19N7OS. The lowest BCUT2D eigenvalue weighted by Crippen LogP contribution is -2.28. The first-order valence-electron chi connectivity index (χ1n) is 6.61. The molecule has 2 aromatic heterocycles. The number of aromatic amines is 1. The predicted molar refractivity (Wildman–Crippen MR) is 78.7 cm³/mol. The van der Waals surface area contributed by atoms with Crippen molar-refractivity contribution in [2.75, 3.05) is 12.8 Å². The van der Waals surface area contributed by atoms with E-state index in [-0.39, 0.29) is 11.9 Å². The Hall–Kier alpha value is -1.90. The molecule has 2 heterocycles. The van der Waals surface area contributed by atoms with E-state index < -0.39 is 0 Å². The summed E-state index contributed by atoms with van der Waals surface area (Å²) in [6, 6.07) is 0.270. The number of nitrogens with zero attached hydrogens (tertiary/aromatic N) is 6. The number of amides is 1. The van der Waals surface area contributed by atoms with Crippen LogP contribution in [0.15, 0.2) is 11.5 Å². The van der Waals surface area contributed by atoms with E-state index >= 15 is 0 Å². The zero-order valence-electron chi connectivity index (χ0n) is 12.6. The molecule has 8 nitrogen and oxygen atoms in total. The molecule has 2 rings (SSSR count). The van der Waals surface area contributed by atoms with Gasteiger partial charge in [-0.25, -0.2) is 4.98 Å². The summed E-state index contributed by atoms with van der Waals surface area (Å²) in [6.45, 7) is 6.31. The first kappa shape index (κ1) is 15.5. The van der Waals surface area contributed by atoms with Gasteiger partial charge in [0, 0.05) is 13.1 Å². The highest BCUT2D eigenvalue weighted by molar-refractivity contribution is 7.99. The largest absolute Gasteiger partial charge is 0.337 e. The summed E-state index contributed by atoms with van der Waals surface area (Å²) in [5, 5.41) is 15.4. The highest BCUT2D eigenvalue weighted by atomic mass is 32.2. The van der Waals surface area contributed by atoms with Gasteiger partial charge >= 0.3 is 0 Å². The van der Waals surface area contributed by atoms with E-state index in [4.69, 9.17) is 0 Å². The molecule has 9 heteroatoms. The topological polar surface area (TPSA) is 92.6 Å². The molecule has 0 aromatic carbocycles. The summed E-state index contributed by atoms with van der Waals surface area (Å²) in [5.74, 6) is 1.66. The number of aromatic nitrogens is 6. The Morgan fingerprint density at radius 2 is 2.29 bits per heavy atom. The molecule has 1 amide bonds. The van der Waals surface area contributed by atoms with E-state index in [1.807, 2.05) is 25.3 Å². The summed E-state index contributed by atoms with van der Waals surface area (Å²) in [7, 11) is 1.74. The molecule has 0 saturated carbocycles. The second-order valence-electron chi connectivity index (χ2n) is 4.99. The molecule has 0 aliphatic rings. The SMILES string of the molecule is Cc1nc(CN(C)C(=O)CSc2nncn2C(C)C)n[nH]1. The summed E-state index contributed by atoms with van der Waals surface area (Å²) >= 11 is 1.38. The molecule has 0 radical (unpaired) electrons. The molecule has 21 heavy (non-hydrogen) atoms. The lowest BCUT2D eigenvalue weighted by molar-refractivity contribution is -0.127. The van der Waals surface area contributed by atoms with Gasteiger partial charge in [0.15, 0.2) is 11.0 Å². The van der Waals surface area contributed by atoms with Crippen LogP contribution in [0.4, 0.5) is 0 Å². The van der Waals surface area contributed by atoms with E-state index in [1.54, 1.807) is 18.3 Å². The number of H-pyrrole nitrogens is 1. The Morgan fingerprint density at radius 3 is 2.90 bits per heavy atom. The minimum atomic E-state index is 0.000703. The first-order valence-corrected chi connectivity index (χ1v) is 7.60. The number of aryl methyl sites for hydroxylation is 1. The van der Waals surface area contributed by atoms with Gasteiger partial charge in [0.1, 0.15) is 12.2 Å². The van der Waals surface area contributed by atoms with Gasteiger partial charge in [-0.3, -0.25) is 9.89 Å². The maximum atomic E-state index is 12.1. The number of nitrogens with one attached hydrogen (secondary N) is 1. The summed E-state index contributed by atoms with van der Waals surface area (Å²) in [4.78, 5) is 17.9. The monoisotopic (exact) mass is 309 g/mol. The smallest absolute Gasteiger partial charge is 0.233 e. The number of hydrogen-bond acceptors (Lipinski definition) is 6. The number of rotatable bonds is 6.